The minimum Gasteiger partial charge on any atom is -0.481 e. The van der Waals surface area contributed by atoms with E-state index in [1.54, 1.807) is 10.9 Å². The van der Waals surface area contributed by atoms with Crippen molar-refractivity contribution in [1.82, 2.24) is 24.8 Å². The normalized spacial score (nSPS) is 24.9. The first-order valence-electron chi connectivity index (χ1n) is 9.01. The van der Waals surface area contributed by atoms with E-state index >= 15 is 0 Å². The number of hydrogen-bond donors (Lipinski definition) is 4. The highest BCUT2D eigenvalue weighted by Gasteiger charge is 2.39. The Hall–Kier alpha value is -2.79. The van der Waals surface area contributed by atoms with Gasteiger partial charge in [0.05, 0.1) is 24.8 Å². The Bertz CT molecular complexity index is 869. The number of anilines is 1. The Labute approximate surface area is 161 Å². The number of fused-ring (bicyclic) bond motifs is 1. The zero-order valence-corrected chi connectivity index (χ0v) is 15.7. The van der Waals surface area contributed by atoms with Gasteiger partial charge < -0.3 is 30.1 Å². The number of aromatic nitrogens is 4. The number of carbonyl (C=O) groups is 2. The van der Waals surface area contributed by atoms with Crippen LogP contribution in [0.25, 0.3) is 11.2 Å². The minimum atomic E-state index is -1.19. The quantitative estimate of drug-likeness (QED) is 0.499. The molecule has 0 spiro atoms. The van der Waals surface area contributed by atoms with Gasteiger partial charge in [0.1, 0.15) is 18.5 Å². The maximum absolute atomic E-state index is 11.9. The summed E-state index contributed by atoms with van der Waals surface area (Å²) >= 11 is 0. The number of carboxylic acids is 1. The molecule has 3 rings (SSSR count). The molecule has 2 heterocycles. The molecule has 0 saturated heterocycles. The van der Waals surface area contributed by atoms with Crippen molar-refractivity contribution in [2.24, 2.45) is 0 Å². The van der Waals surface area contributed by atoms with E-state index in [4.69, 9.17) is 5.11 Å². The first-order chi connectivity index (χ1) is 13.3. The van der Waals surface area contributed by atoms with Gasteiger partial charge in [-0.25, -0.2) is 15.0 Å². The summed E-state index contributed by atoms with van der Waals surface area (Å²) in [5.41, 5.74) is 1.15. The van der Waals surface area contributed by atoms with Crippen LogP contribution in [0.4, 0.5) is 5.82 Å². The third-order valence-electron chi connectivity index (χ3n) is 4.96. The molecule has 0 aliphatic heterocycles. The van der Waals surface area contributed by atoms with E-state index in [0.29, 0.717) is 29.8 Å². The SMILES string of the molecule is CN(C)c1ncnc2c1ncn2[C@@H]1CC[C@@H](NC(=O)CCC(=O)O)[C@@H](O)[C@@H]1O. The van der Waals surface area contributed by atoms with Crippen LogP contribution in [0.3, 0.4) is 0 Å². The van der Waals surface area contributed by atoms with Crippen LogP contribution in [0.2, 0.25) is 0 Å². The average molecular weight is 392 g/mol. The van der Waals surface area contributed by atoms with Crippen molar-refractivity contribution >= 4 is 28.9 Å². The lowest BCUT2D eigenvalue weighted by Crippen LogP contribution is -2.54. The number of amides is 1. The number of aliphatic hydroxyl groups is 2. The summed E-state index contributed by atoms with van der Waals surface area (Å²) in [6.45, 7) is 0. The van der Waals surface area contributed by atoms with Crippen molar-refractivity contribution in [3.63, 3.8) is 0 Å². The molecule has 4 atom stereocenters. The Morgan fingerprint density at radius 3 is 2.61 bits per heavy atom. The number of aliphatic hydroxyl groups excluding tert-OH is 2. The lowest BCUT2D eigenvalue weighted by atomic mass is 9.85. The minimum absolute atomic E-state index is 0.172. The van der Waals surface area contributed by atoms with Gasteiger partial charge in [0, 0.05) is 20.5 Å². The van der Waals surface area contributed by atoms with Gasteiger partial charge >= 0.3 is 5.97 Å². The summed E-state index contributed by atoms with van der Waals surface area (Å²) < 4.78 is 1.72. The molecule has 2 aromatic heterocycles. The van der Waals surface area contributed by atoms with Crippen LogP contribution < -0.4 is 10.2 Å². The smallest absolute Gasteiger partial charge is 0.303 e. The van der Waals surface area contributed by atoms with Gasteiger partial charge in [-0.2, -0.15) is 0 Å². The monoisotopic (exact) mass is 392 g/mol. The van der Waals surface area contributed by atoms with E-state index in [1.165, 1.54) is 6.33 Å². The Kier molecular flexibility index (Phi) is 5.75. The maximum Gasteiger partial charge on any atom is 0.303 e. The van der Waals surface area contributed by atoms with Gasteiger partial charge in [-0.05, 0) is 12.8 Å². The van der Waals surface area contributed by atoms with Crippen LogP contribution in [0, 0.1) is 0 Å². The van der Waals surface area contributed by atoms with Crippen LogP contribution in [0.15, 0.2) is 12.7 Å². The predicted octanol–water partition coefficient (Wildman–Crippen LogP) is -0.701. The molecule has 11 nitrogen and oxygen atoms in total. The molecular formula is C17H24N6O5. The fourth-order valence-corrected chi connectivity index (χ4v) is 3.53. The number of nitrogens with one attached hydrogen (secondary N) is 1. The predicted molar refractivity (Wildman–Crippen MR) is 98.7 cm³/mol. The Morgan fingerprint density at radius 2 is 1.93 bits per heavy atom. The van der Waals surface area contributed by atoms with E-state index < -0.39 is 36.2 Å². The molecule has 11 heteroatoms. The van der Waals surface area contributed by atoms with Gasteiger partial charge in [0.2, 0.25) is 5.91 Å². The number of hydrogen-bond acceptors (Lipinski definition) is 8. The molecule has 1 fully saturated rings. The molecular weight excluding hydrogens is 368 g/mol. The molecule has 1 amide bonds. The molecule has 0 bridgehead atoms. The standard InChI is InChI=1S/C17H24N6O5/c1-22(2)16-13-17(19-7-18-16)23(8-20-13)10-4-3-9(14(27)15(10)28)21-11(24)5-6-12(25)26/h7-10,14-15,27-28H,3-6H2,1-2H3,(H,21,24)(H,25,26)/t9-,10-,14-,15-/m1/s1. The topological polar surface area (TPSA) is 154 Å². The fourth-order valence-electron chi connectivity index (χ4n) is 3.53. The molecule has 0 radical (unpaired) electrons. The van der Waals surface area contributed by atoms with Crippen LogP contribution in [-0.4, -0.2) is 79.1 Å². The van der Waals surface area contributed by atoms with Crippen molar-refractivity contribution in [2.45, 2.75) is 50.0 Å². The van der Waals surface area contributed by atoms with Crippen molar-refractivity contribution in [3.8, 4) is 0 Å². The van der Waals surface area contributed by atoms with Crippen LogP contribution in [0.1, 0.15) is 31.7 Å². The number of aliphatic carboxylic acids is 1. The van der Waals surface area contributed by atoms with Crippen molar-refractivity contribution in [1.29, 1.82) is 0 Å². The van der Waals surface area contributed by atoms with Gasteiger partial charge in [-0.1, -0.05) is 0 Å². The summed E-state index contributed by atoms with van der Waals surface area (Å²) in [6, 6.07) is -1.11. The number of carbonyl (C=O) groups excluding carboxylic acids is 1. The second-order valence-electron chi connectivity index (χ2n) is 7.11. The van der Waals surface area contributed by atoms with E-state index in [2.05, 4.69) is 20.3 Å². The molecule has 152 valence electrons. The van der Waals surface area contributed by atoms with E-state index in [0.717, 1.165) is 0 Å². The number of nitrogens with zero attached hydrogens (tertiary/aromatic N) is 5. The lowest BCUT2D eigenvalue weighted by Gasteiger charge is -2.38. The summed E-state index contributed by atoms with van der Waals surface area (Å²) in [7, 11) is 3.69. The van der Waals surface area contributed by atoms with Gasteiger partial charge in [-0.3, -0.25) is 9.59 Å². The largest absolute Gasteiger partial charge is 0.481 e. The van der Waals surface area contributed by atoms with Crippen LogP contribution in [-0.2, 0) is 9.59 Å². The molecule has 1 saturated carbocycles. The second-order valence-corrected chi connectivity index (χ2v) is 7.11. The molecule has 0 unspecified atom stereocenters. The highest BCUT2D eigenvalue weighted by molar-refractivity contribution is 5.83. The van der Waals surface area contributed by atoms with Gasteiger partial charge in [0.25, 0.3) is 0 Å². The highest BCUT2D eigenvalue weighted by Crippen LogP contribution is 2.32. The van der Waals surface area contributed by atoms with Crippen LogP contribution >= 0.6 is 0 Å². The van der Waals surface area contributed by atoms with Crippen molar-refractivity contribution in [2.75, 3.05) is 19.0 Å². The van der Waals surface area contributed by atoms with Crippen molar-refractivity contribution in [3.05, 3.63) is 12.7 Å². The van der Waals surface area contributed by atoms with Gasteiger partial charge in [-0.15, -0.1) is 0 Å². The summed E-state index contributed by atoms with van der Waals surface area (Å²) in [5, 5.41) is 32.4. The fraction of sp³-hybridized carbons (Fsp3) is 0.588. The van der Waals surface area contributed by atoms with E-state index in [-0.39, 0.29) is 12.8 Å². The highest BCUT2D eigenvalue weighted by atomic mass is 16.4. The molecule has 0 aromatic carbocycles. The first kappa shape index (κ1) is 20.0. The molecule has 2 aromatic rings. The zero-order chi connectivity index (χ0) is 20.4. The first-order valence-corrected chi connectivity index (χ1v) is 9.01. The van der Waals surface area contributed by atoms with E-state index in [1.807, 2.05) is 19.0 Å². The Balaban J connectivity index is 1.75. The summed E-state index contributed by atoms with van der Waals surface area (Å²) in [4.78, 5) is 37.1. The summed E-state index contributed by atoms with van der Waals surface area (Å²) in [5.74, 6) is -0.878. The lowest BCUT2D eigenvalue weighted by molar-refractivity contribution is -0.139. The zero-order valence-electron chi connectivity index (χ0n) is 15.7. The van der Waals surface area contributed by atoms with E-state index in [9.17, 15) is 19.8 Å². The number of carboxylic acid groups (broad SMARTS) is 1. The maximum atomic E-state index is 11.9. The molecule has 28 heavy (non-hydrogen) atoms. The molecule has 4 N–H and O–H groups in total. The Morgan fingerprint density at radius 1 is 1.18 bits per heavy atom. The number of rotatable bonds is 6. The second kappa shape index (κ2) is 8.07. The molecule has 1 aliphatic carbocycles. The van der Waals surface area contributed by atoms with Crippen molar-refractivity contribution < 1.29 is 24.9 Å². The third-order valence-corrected chi connectivity index (χ3v) is 4.96. The molecule has 1 aliphatic rings. The number of imidazole rings is 1. The summed E-state index contributed by atoms with van der Waals surface area (Å²) in [6.07, 6.45) is 1.10. The third kappa shape index (κ3) is 3.90. The van der Waals surface area contributed by atoms with Crippen LogP contribution in [0.5, 0.6) is 0 Å². The van der Waals surface area contributed by atoms with Gasteiger partial charge in [0.15, 0.2) is 17.0 Å². The average Bonchev–Trinajstić information content (AvgIpc) is 3.07.